The van der Waals surface area contributed by atoms with Crippen molar-refractivity contribution in [2.24, 2.45) is 0 Å². The first-order chi connectivity index (χ1) is 11.3. The molecule has 0 aliphatic carbocycles. The number of aromatic nitrogens is 4. The highest BCUT2D eigenvalue weighted by Crippen LogP contribution is 2.27. The fraction of sp³-hybridized carbons (Fsp3) is 0.0588. The van der Waals surface area contributed by atoms with Crippen molar-refractivity contribution in [3.05, 3.63) is 54.9 Å². The average molecular weight is 304 g/mol. The fourth-order valence-corrected chi connectivity index (χ4v) is 2.28. The normalized spacial score (nSPS) is 10.8. The van der Waals surface area contributed by atoms with Crippen LogP contribution in [0, 0.1) is 0 Å². The van der Waals surface area contributed by atoms with Crippen molar-refractivity contribution in [1.82, 2.24) is 20.2 Å². The van der Waals surface area contributed by atoms with E-state index in [1.807, 2.05) is 36.4 Å². The Morgan fingerprint density at radius 1 is 1.00 bits per heavy atom. The summed E-state index contributed by atoms with van der Waals surface area (Å²) < 4.78 is 10.8. The van der Waals surface area contributed by atoms with Crippen molar-refractivity contribution in [3.8, 4) is 28.6 Å². The van der Waals surface area contributed by atoms with Crippen molar-refractivity contribution in [3.63, 3.8) is 0 Å². The minimum absolute atomic E-state index is 0.482. The number of rotatable bonds is 3. The number of pyridine rings is 1. The number of hydrogen-bond donors (Lipinski definition) is 0. The lowest BCUT2D eigenvalue weighted by Gasteiger charge is -2.00. The quantitative estimate of drug-likeness (QED) is 0.578. The topological polar surface area (TPSA) is 73.9 Å². The average Bonchev–Trinajstić information content (AvgIpc) is 3.06. The van der Waals surface area contributed by atoms with Crippen molar-refractivity contribution in [2.45, 2.75) is 0 Å². The van der Waals surface area contributed by atoms with E-state index in [2.05, 4.69) is 20.2 Å². The number of fused-ring (bicyclic) bond motifs is 1. The van der Waals surface area contributed by atoms with Gasteiger partial charge >= 0.3 is 0 Å². The van der Waals surface area contributed by atoms with Crippen LogP contribution in [0.15, 0.2) is 59.3 Å². The summed E-state index contributed by atoms with van der Waals surface area (Å²) in [6.45, 7) is 0. The Morgan fingerprint density at radius 2 is 1.96 bits per heavy atom. The van der Waals surface area contributed by atoms with Crippen LogP contribution in [0.5, 0.6) is 5.88 Å². The summed E-state index contributed by atoms with van der Waals surface area (Å²) in [6.07, 6.45) is 3.44. The van der Waals surface area contributed by atoms with Gasteiger partial charge in [-0.1, -0.05) is 0 Å². The molecule has 0 amide bonds. The molecular weight excluding hydrogens is 292 g/mol. The molecule has 0 radical (unpaired) electrons. The van der Waals surface area contributed by atoms with Gasteiger partial charge in [0.2, 0.25) is 11.8 Å². The smallest absolute Gasteiger partial charge is 0.233 e. The molecule has 23 heavy (non-hydrogen) atoms. The first-order valence-electron chi connectivity index (χ1n) is 7.02. The Bertz CT molecular complexity index is 949. The van der Waals surface area contributed by atoms with Crippen LogP contribution in [0.1, 0.15) is 0 Å². The van der Waals surface area contributed by atoms with E-state index < -0.39 is 0 Å². The van der Waals surface area contributed by atoms with Gasteiger partial charge in [0, 0.05) is 24.0 Å². The molecule has 0 unspecified atom stereocenters. The Balaban J connectivity index is 1.75. The predicted molar refractivity (Wildman–Crippen MR) is 84.8 cm³/mol. The summed E-state index contributed by atoms with van der Waals surface area (Å²) in [5, 5.41) is 8.13. The lowest BCUT2D eigenvalue weighted by molar-refractivity contribution is 0.392. The zero-order valence-electron chi connectivity index (χ0n) is 12.3. The van der Waals surface area contributed by atoms with Gasteiger partial charge < -0.3 is 9.15 Å². The highest BCUT2D eigenvalue weighted by Gasteiger charge is 2.10. The molecule has 0 aliphatic heterocycles. The van der Waals surface area contributed by atoms with Gasteiger partial charge in [-0.25, -0.2) is 4.98 Å². The van der Waals surface area contributed by atoms with Gasteiger partial charge in [-0.3, -0.25) is 4.98 Å². The second-order valence-corrected chi connectivity index (χ2v) is 4.90. The largest absolute Gasteiger partial charge is 0.480 e. The maximum absolute atomic E-state index is 5.77. The molecule has 0 bridgehead atoms. The summed E-state index contributed by atoms with van der Waals surface area (Å²) in [6, 6.07) is 13.1. The van der Waals surface area contributed by atoms with Crippen LogP contribution in [0.25, 0.3) is 33.8 Å². The number of ether oxygens (including phenoxy) is 1. The van der Waals surface area contributed by atoms with E-state index in [-0.39, 0.29) is 0 Å². The van der Waals surface area contributed by atoms with Crippen LogP contribution in [0.3, 0.4) is 0 Å². The molecule has 6 nitrogen and oxygen atoms in total. The molecule has 0 fully saturated rings. The maximum Gasteiger partial charge on any atom is 0.233 e. The van der Waals surface area contributed by atoms with Crippen molar-refractivity contribution in [2.75, 3.05) is 7.11 Å². The first kappa shape index (κ1) is 13.4. The number of methoxy groups -OCH3 is 1. The van der Waals surface area contributed by atoms with E-state index in [4.69, 9.17) is 9.15 Å². The van der Waals surface area contributed by atoms with E-state index in [1.54, 1.807) is 25.6 Å². The van der Waals surface area contributed by atoms with Gasteiger partial charge in [-0.05, 0) is 36.4 Å². The Hall–Kier alpha value is -3.28. The van der Waals surface area contributed by atoms with Gasteiger partial charge in [0.1, 0.15) is 5.52 Å². The van der Waals surface area contributed by atoms with E-state index in [1.165, 1.54) is 0 Å². The third-order valence-corrected chi connectivity index (χ3v) is 3.44. The van der Waals surface area contributed by atoms with Gasteiger partial charge in [-0.15, -0.1) is 10.2 Å². The van der Waals surface area contributed by atoms with Crippen LogP contribution >= 0.6 is 0 Å². The van der Waals surface area contributed by atoms with Crippen LogP contribution in [0.2, 0.25) is 0 Å². The maximum atomic E-state index is 5.77. The van der Waals surface area contributed by atoms with Gasteiger partial charge in [0.15, 0.2) is 5.58 Å². The van der Waals surface area contributed by atoms with Crippen LogP contribution in [-0.2, 0) is 0 Å². The molecule has 3 aromatic heterocycles. The standard InChI is InChI=1S/C17H12N4O2/c1-22-16-7-5-13(20-21-16)11-4-6-15-14(9-11)19-17(23-15)12-3-2-8-18-10-12/h2-10H,1H3. The molecule has 0 saturated heterocycles. The Kier molecular flexibility index (Phi) is 3.20. The molecule has 112 valence electrons. The van der Waals surface area contributed by atoms with Gasteiger partial charge in [0.05, 0.1) is 18.4 Å². The van der Waals surface area contributed by atoms with E-state index in [0.717, 1.165) is 22.3 Å². The Labute approximate surface area is 131 Å². The molecular formula is C17H12N4O2. The van der Waals surface area contributed by atoms with Crippen LogP contribution in [-0.4, -0.2) is 27.3 Å². The molecule has 3 heterocycles. The molecule has 0 saturated carbocycles. The molecule has 0 aliphatic rings. The summed E-state index contributed by atoms with van der Waals surface area (Å²) in [5.41, 5.74) is 3.99. The minimum Gasteiger partial charge on any atom is -0.480 e. The molecule has 4 rings (SSSR count). The molecule has 1 aromatic carbocycles. The van der Waals surface area contributed by atoms with Crippen molar-refractivity contribution >= 4 is 11.1 Å². The third kappa shape index (κ3) is 2.50. The summed E-state index contributed by atoms with van der Waals surface area (Å²) in [7, 11) is 1.56. The fourth-order valence-electron chi connectivity index (χ4n) is 2.28. The van der Waals surface area contributed by atoms with E-state index in [9.17, 15) is 0 Å². The van der Waals surface area contributed by atoms with Gasteiger partial charge in [-0.2, -0.15) is 0 Å². The molecule has 0 atom stereocenters. The predicted octanol–water partition coefficient (Wildman–Crippen LogP) is 3.36. The zero-order chi connectivity index (χ0) is 15.6. The van der Waals surface area contributed by atoms with Crippen molar-refractivity contribution in [1.29, 1.82) is 0 Å². The summed E-state index contributed by atoms with van der Waals surface area (Å²) in [5.74, 6) is 1.03. The number of hydrogen-bond acceptors (Lipinski definition) is 6. The first-order valence-corrected chi connectivity index (χ1v) is 7.02. The Morgan fingerprint density at radius 3 is 2.70 bits per heavy atom. The third-order valence-electron chi connectivity index (χ3n) is 3.44. The number of benzene rings is 1. The van der Waals surface area contributed by atoms with E-state index in [0.29, 0.717) is 17.4 Å². The molecule has 0 N–H and O–H groups in total. The zero-order valence-corrected chi connectivity index (χ0v) is 12.3. The molecule has 0 spiro atoms. The van der Waals surface area contributed by atoms with Crippen LogP contribution < -0.4 is 4.74 Å². The lowest BCUT2D eigenvalue weighted by atomic mass is 10.1. The van der Waals surface area contributed by atoms with Crippen LogP contribution in [0.4, 0.5) is 0 Å². The molecule has 6 heteroatoms. The second-order valence-electron chi connectivity index (χ2n) is 4.90. The summed E-state index contributed by atoms with van der Waals surface area (Å²) in [4.78, 5) is 8.61. The molecule has 4 aromatic rings. The number of oxazole rings is 1. The number of nitrogens with zero attached hydrogens (tertiary/aromatic N) is 4. The highest BCUT2D eigenvalue weighted by atomic mass is 16.5. The lowest BCUT2D eigenvalue weighted by Crippen LogP contribution is -1.91. The van der Waals surface area contributed by atoms with E-state index >= 15 is 0 Å². The van der Waals surface area contributed by atoms with Crippen molar-refractivity contribution < 1.29 is 9.15 Å². The monoisotopic (exact) mass is 304 g/mol. The highest BCUT2D eigenvalue weighted by molar-refractivity contribution is 5.81. The second kappa shape index (κ2) is 5.49. The summed E-state index contributed by atoms with van der Waals surface area (Å²) >= 11 is 0. The SMILES string of the molecule is COc1ccc(-c2ccc3oc(-c4cccnc4)nc3c2)nn1. The minimum atomic E-state index is 0.482. The van der Waals surface area contributed by atoms with Gasteiger partial charge in [0.25, 0.3) is 0 Å².